The molecule has 1 aliphatic heterocycles. The van der Waals surface area contributed by atoms with Crippen LogP contribution in [0.4, 0.5) is 0 Å². The number of methoxy groups -OCH3 is 1. The number of hydrogen-bond acceptors (Lipinski definition) is 4. The van der Waals surface area contributed by atoms with Gasteiger partial charge in [0.15, 0.2) is 0 Å². The lowest BCUT2D eigenvalue weighted by atomic mass is 9.80. The van der Waals surface area contributed by atoms with Gasteiger partial charge in [-0.25, -0.2) is 4.79 Å². The minimum absolute atomic E-state index is 0.0546. The molecule has 1 saturated carbocycles. The number of ether oxygens (including phenoxy) is 2. The number of hydrogen-bond donors (Lipinski definition) is 0. The quantitative estimate of drug-likeness (QED) is 0.684. The second kappa shape index (κ2) is 9.51. The van der Waals surface area contributed by atoms with Gasteiger partial charge in [0, 0.05) is 25.6 Å². The van der Waals surface area contributed by atoms with Crippen LogP contribution >= 0.6 is 0 Å². The first-order valence-corrected chi connectivity index (χ1v) is 11.4. The Morgan fingerprint density at radius 1 is 1.10 bits per heavy atom. The maximum atomic E-state index is 13.6. The number of benzene rings is 1. The maximum absolute atomic E-state index is 13.6. The van der Waals surface area contributed by atoms with Crippen molar-refractivity contribution in [3.8, 4) is 0 Å². The molecule has 1 aliphatic carbocycles. The Balaban J connectivity index is 1.84. The van der Waals surface area contributed by atoms with Crippen LogP contribution in [0.15, 0.2) is 18.2 Å². The van der Waals surface area contributed by atoms with E-state index in [-0.39, 0.29) is 23.3 Å². The Bertz CT molecular complexity index is 759. The Hall–Kier alpha value is -1.88. The normalized spacial score (nSPS) is 24.7. The van der Waals surface area contributed by atoms with Crippen LogP contribution in [0.3, 0.4) is 0 Å². The first-order valence-electron chi connectivity index (χ1n) is 11.4. The highest BCUT2D eigenvalue weighted by Crippen LogP contribution is 2.35. The molecule has 166 valence electrons. The van der Waals surface area contributed by atoms with E-state index in [9.17, 15) is 9.59 Å². The van der Waals surface area contributed by atoms with Gasteiger partial charge in [-0.05, 0) is 74.1 Å². The molecule has 0 bridgehead atoms. The van der Waals surface area contributed by atoms with Crippen LogP contribution in [0.25, 0.3) is 0 Å². The van der Waals surface area contributed by atoms with Gasteiger partial charge in [-0.3, -0.25) is 4.79 Å². The van der Waals surface area contributed by atoms with Crippen LogP contribution in [0.1, 0.15) is 74.9 Å². The highest BCUT2D eigenvalue weighted by atomic mass is 16.5. The van der Waals surface area contributed by atoms with Crippen LogP contribution in [0.2, 0.25) is 0 Å². The summed E-state index contributed by atoms with van der Waals surface area (Å²) in [4.78, 5) is 27.9. The van der Waals surface area contributed by atoms with E-state index in [1.54, 1.807) is 7.11 Å². The van der Waals surface area contributed by atoms with Gasteiger partial charge in [0.05, 0.1) is 18.3 Å². The number of esters is 1. The van der Waals surface area contributed by atoms with Crippen LogP contribution in [-0.4, -0.2) is 49.2 Å². The van der Waals surface area contributed by atoms with E-state index in [1.165, 1.54) is 11.1 Å². The summed E-state index contributed by atoms with van der Waals surface area (Å²) in [5.41, 5.74) is 2.94. The largest absolute Gasteiger partial charge is 0.462 e. The first-order chi connectivity index (χ1) is 14.2. The molecule has 1 aromatic rings. The van der Waals surface area contributed by atoms with Crippen molar-refractivity contribution in [3.05, 3.63) is 34.9 Å². The van der Waals surface area contributed by atoms with Crippen molar-refractivity contribution in [2.24, 2.45) is 11.3 Å². The monoisotopic (exact) mass is 415 g/mol. The van der Waals surface area contributed by atoms with E-state index in [0.717, 1.165) is 45.1 Å². The van der Waals surface area contributed by atoms with Crippen LogP contribution < -0.4 is 0 Å². The molecule has 1 aromatic carbocycles. The molecule has 0 radical (unpaired) electrons. The third-order valence-electron chi connectivity index (χ3n) is 6.77. The minimum Gasteiger partial charge on any atom is -0.462 e. The molecule has 2 aliphatic rings. The third-order valence-corrected chi connectivity index (χ3v) is 6.77. The van der Waals surface area contributed by atoms with Gasteiger partial charge in [0.25, 0.3) is 0 Å². The average Bonchev–Trinajstić information content (AvgIpc) is 2.92. The molecule has 1 amide bonds. The molecular formula is C25H37NO4. The minimum atomic E-state index is -0.278. The van der Waals surface area contributed by atoms with E-state index in [2.05, 4.69) is 25.7 Å². The highest BCUT2D eigenvalue weighted by Gasteiger charge is 2.39. The van der Waals surface area contributed by atoms with Gasteiger partial charge in [0.1, 0.15) is 0 Å². The topological polar surface area (TPSA) is 55.8 Å². The Morgan fingerprint density at radius 3 is 2.40 bits per heavy atom. The van der Waals surface area contributed by atoms with Gasteiger partial charge < -0.3 is 14.4 Å². The predicted octanol–water partition coefficient (Wildman–Crippen LogP) is 4.41. The van der Waals surface area contributed by atoms with Gasteiger partial charge in [0.2, 0.25) is 5.91 Å². The molecule has 0 spiro atoms. The molecule has 1 unspecified atom stereocenters. The van der Waals surface area contributed by atoms with Gasteiger partial charge in [-0.1, -0.05) is 26.8 Å². The van der Waals surface area contributed by atoms with Gasteiger partial charge in [-0.15, -0.1) is 0 Å². The average molecular weight is 416 g/mol. The lowest BCUT2D eigenvalue weighted by Gasteiger charge is -2.41. The summed E-state index contributed by atoms with van der Waals surface area (Å²) in [7, 11) is 1.76. The summed E-state index contributed by atoms with van der Waals surface area (Å²) in [6.07, 6.45) is 5.63. The van der Waals surface area contributed by atoms with Crippen molar-refractivity contribution in [3.63, 3.8) is 0 Å². The van der Waals surface area contributed by atoms with Gasteiger partial charge in [-0.2, -0.15) is 0 Å². The summed E-state index contributed by atoms with van der Waals surface area (Å²) >= 11 is 0. The fourth-order valence-corrected chi connectivity index (χ4v) is 4.93. The summed E-state index contributed by atoms with van der Waals surface area (Å²) in [6, 6.07) is 5.97. The second-order valence-corrected chi connectivity index (χ2v) is 9.78. The SMILES string of the molecule is CCOC(=O)c1ccc2c(c1)CC(C(C)(C)C)N(C(=O)C1CCC(OC)CC1)CC2. The molecule has 1 heterocycles. The van der Waals surface area contributed by atoms with E-state index >= 15 is 0 Å². The summed E-state index contributed by atoms with van der Waals surface area (Å²) in [5.74, 6) is 0.111. The Labute approximate surface area is 181 Å². The van der Waals surface area contributed by atoms with Crippen molar-refractivity contribution in [2.75, 3.05) is 20.3 Å². The van der Waals surface area contributed by atoms with Crippen molar-refractivity contribution in [1.82, 2.24) is 4.90 Å². The number of carbonyl (C=O) groups is 2. The van der Waals surface area contributed by atoms with E-state index < -0.39 is 0 Å². The van der Waals surface area contributed by atoms with Crippen LogP contribution in [0, 0.1) is 11.3 Å². The Kier molecular flexibility index (Phi) is 7.22. The molecule has 1 fully saturated rings. The Morgan fingerprint density at radius 2 is 1.80 bits per heavy atom. The fourth-order valence-electron chi connectivity index (χ4n) is 4.93. The van der Waals surface area contributed by atoms with E-state index in [1.807, 2.05) is 25.1 Å². The molecule has 5 nitrogen and oxygen atoms in total. The molecule has 0 saturated heterocycles. The molecule has 0 N–H and O–H groups in total. The summed E-state index contributed by atoms with van der Waals surface area (Å²) in [5, 5.41) is 0. The third kappa shape index (κ3) is 5.05. The lowest BCUT2D eigenvalue weighted by molar-refractivity contribution is -0.142. The lowest BCUT2D eigenvalue weighted by Crippen LogP contribution is -2.51. The van der Waals surface area contributed by atoms with Gasteiger partial charge >= 0.3 is 5.97 Å². The first kappa shape index (κ1) is 22.8. The van der Waals surface area contributed by atoms with E-state index in [4.69, 9.17) is 9.47 Å². The smallest absolute Gasteiger partial charge is 0.338 e. The zero-order valence-corrected chi connectivity index (χ0v) is 19.2. The molecular weight excluding hydrogens is 378 g/mol. The molecule has 1 atom stereocenters. The molecule has 5 heteroatoms. The zero-order valence-electron chi connectivity index (χ0n) is 19.2. The second-order valence-electron chi connectivity index (χ2n) is 9.78. The number of carbonyl (C=O) groups excluding carboxylic acids is 2. The number of rotatable bonds is 4. The molecule has 3 rings (SSSR count). The summed E-state index contributed by atoms with van der Waals surface area (Å²) < 4.78 is 10.7. The van der Waals surface area contributed by atoms with Crippen LogP contribution in [0.5, 0.6) is 0 Å². The van der Waals surface area contributed by atoms with Crippen molar-refractivity contribution in [1.29, 1.82) is 0 Å². The van der Waals surface area contributed by atoms with Crippen LogP contribution in [-0.2, 0) is 27.1 Å². The van der Waals surface area contributed by atoms with Crippen molar-refractivity contribution >= 4 is 11.9 Å². The van der Waals surface area contributed by atoms with E-state index in [0.29, 0.717) is 24.2 Å². The number of amides is 1. The number of nitrogens with zero attached hydrogens (tertiary/aromatic N) is 1. The molecule has 30 heavy (non-hydrogen) atoms. The molecule has 0 aromatic heterocycles. The predicted molar refractivity (Wildman–Crippen MR) is 118 cm³/mol. The fraction of sp³-hybridized carbons (Fsp3) is 0.680. The summed E-state index contributed by atoms with van der Waals surface area (Å²) in [6.45, 7) is 9.55. The van der Waals surface area contributed by atoms with Crippen molar-refractivity contribution < 1.29 is 19.1 Å². The zero-order chi connectivity index (χ0) is 21.9. The maximum Gasteiger partial charge on any atom is 0.338 e. The highest BCUT2D eigenvalue weighted by molar-refractivity contribution is 5.89. The standard InChI is InChI=1S/C25H37NO4/c1-6-30-24(28)19-8-7-17-13-14-26(22(25(2,3)4)16-20(17)15-19)23(27)18-9-11-21(29-5)12-10-18/h7-8,15,18,21-22H,6,9-14,16H2,1-5H3. The van der Waals surface area contributed by atoms with Crippen molar-refractivity contribution in [2.45, 2.75) is 78.4 Å². The number of fused-ring (bicyclic) bond motifs is 1.